The van der Waals surface area contributed by atoms with Crippen molar-refractivity contribution in [1.82, 2.24) is 0 Å². The molecular formula is C28H56N2O2S2. The molecule has 0 rings (SSSR count). The van der Waals surface area contributed by atoms with Gasteiger partial charge in [0.25, 0.3) is 0 Å². The third-order valence-electron chi connectivity index (χ3n) is 6.56. The molecule has 0 aliphatic carbocycles. The van der Waals surface area contributed by atoms with Crippen molar-refractivity contribution in [3.63, 3.8) is 0 Å². The summed E-state index contributed by atoms with van der Waals surface area (Å²) in [6.45, 7) is 4.51. The molecule has 0 radical (unpaired) electrons. The van der Waals surface area contributed by atoms with Gasteiger partial charge in [-0.2, -0.15) is 0 Å². The van der Waals surface area contributed by atoms with Crippen LogP contribution in [0.1, 0.15) is 155 Å². The highest BCUT2D eigenvalue weighted by molar-refractivity contribution is 8.77. The van der Waals surface area contributed by atoms with Crippen molar-refractivity contribution in [2.75, 3.05) is 0 Å². The molecule has 0 heterocycles. The van der Waals surface area contributed by atoms with Gasteiger partial charge in [0.15, 0.2) is 0 Å². The van der Waals surface area contributed by atoms with Crippen LogP contribution in [0.2, 0.25) is 0 Å². The Hall–Kier alpha value is -0.360. The maximum Gasteiger partial charge on any atom is 0.231 e. The van der Waals surface area contributed by atoms with E-state index in [2.05, 4.69) is 13.8 Å². The van der Waals surface area contributed by atoms with Crippen molar-refractivity contribution >= 4 is 33.4 Å². The first-order chi connectivity index (χ1) is 16.5. The number of primary amides is 2. The third kappa shape index (κ3) is 22.1. The number of hydrogen-bond donors (Lipinski definition) is 2. The summed E-state index contributed by atoms with van der Waals surface area (Å²) in [5, 5.41) is -0.456. The lowest BCUT2D eigenvalue weighted by atomic mass is 10.1. The van der Waals surface area contributed by atoms with Crippen LogP contribution in [0.4, 0.5) is 0 Å². The summed E-state index contributed by atoms with van der Waals surface area (Å²) in [5.41, 5.74) is 11.3. The van der Waals surface area contributed by atoms with E-state index in [9.17, 15) is 9.59 Å². The van der Waals surface area contributed by atoms with Crippen LogP contribution in [0.5, 0.6) is 0 Å². The first-order valence-corrected chi connectivity index (χ1v) is 16.7. The Balaban J connectivity index is 3.89. The van der Waals surface area contributed by atoms with Crippen LogP contribution in [-0.4, -0.2) is 22.3 Å². The lowest BCUT2D eigenvalue weighted by Crippen LogP contribution is -2.28. The van der Waals surface area contributed by atoms with E-state index < -0.39 is 0 Å². The number of nitrogens with two attached hydrogens (primary N) is 2. The van der Waals surface area contributed by atoms with E-state index >= 15 is 0 Å². The van der Waals surface area contributed by atoms with Gasteiger partial charge in [0, 0.05) is 0 Å². The Kier molecular flexibility index (Phi) is 25.5. The average Bonchev–Trinajstić information content (AvgIpc) is 2.81. The van der Waals surface area contributed by atoms with E-state index in [0.717, 1.165) is 38.5 Å². The van der Waals surface area contributed by atoms with Gasteiger partial charge in [-0.15, -0.1) is 0 Å². The molecule has 0 aromatic carbocycles. The van der Waals surface area contributed by atoms with Gasteiger partial charge in [-0.05, 0) is 12.8 Å². The zero-order chi connectivity index (χ0) is 25.3. The predicted molar refractivity (Wildman–Crippen MR) is 154 cm³/mol. The molecule has 2 amide bonds. The molecule has 202 valence electrons. The predicted octanol–water partition coefficient (Wildman–Crippen LogP) is 8.70. The molecule has 0 aliphatic rings. The molecule has 0 bridgehead atoms. The van der Waals surface area contributed by atoms with Gasteiger partial charge in [-0.3, -0.25) is 9.59 Å². The second-order valence-corrected chi connectivity index (χ2v) is 12.6. The summed E-state index contributed by atoms with van der Waals surface area (Å²) in [6.07, 6.45) is 27.2. The van der Waals surface area contributed by atoms with Crippen LogP contribution in [0.15, 0.2) is 0 Å². The summed E-state index contributed by atoms with van der Waals surface area (Å²) >= 11 is 0. The number of amides is 2. The van der Waals surface area contributed by atoms with E-state index in [1.807, 2.05) is 0 Å². The molecule has 0 saturated heterocycles. The van der Waals surface area contributed by atoms with Crippen molar-refractivity contribution in [3.05, 3.63) is 0 Å². The minimum Gasteiger partial charge on any atom is -0.369 e. The van der Waals surface area contributed by atoms with Crippen LogP contribution in [0.25, 0.3) is 0 Å². The molecule has 0 aromatic rings. The number of carbonyl (C=O) groups excluding carboxylic acids is 2. The molecule has 0 saturated carbocycles. The van der Waals surface area contributed by atoms with Crippen molar-refractivity contribution in [2.24, 2.45) is 11.5 Å². The van der Waals surface area contributed by atoms with Crippen molar-refractivity contribution < 1.29 is 9.59 Å². The van der Waals surface area contributed by atoms with Gasteiger partial charge in [0.1, 0.15) is 0 Å². The standard InChI is InChI=1S/C28H56N2O2S2/c1-3-5-7-9-11-13-15-17-19-21-23-25(27(29)31)33-34-26(28(30)32)24-22-20-18-16-14-12-10-8-6-4-2/h25-26H,3-24H2,1-2H3,(H2,29,31)(H2,30,32). The summed E-state index contributed by atoms with van der Waals surface area (Å²) in [4.78, 5) is 23.8. The Morgan fingerprint density at radius 3 is 0.941 bits per heavy atom. The van der Waals surface area contributed by atoms with Gasteiger partial charge in [-0.1, -0.05) is 164 Å². The van der Waals surface area contributed by atoms with Crippen LogP contribution in [0.3, 0.4) is 0 Å². The SMILES string of the molecule is CCCCCCCCCCCCC(SSC(CCCCCCCCCCCC)C(N)=O)C(N)=O. The van der Waals surface area contributed by atoms with Crippen molar-refractivity contribution in [1.29, 1.82) is 0 Å². The summed E-state index contributed by atoms with van der Waals surface area (Å²) in [5.74, 6) is -0.536. The molecule has 0 spiro atoms. The first kappa shape index (κ1) is 33.6. The molecule has 0 fully saturated rings. The van der Waals surface area contributed by atoms with Gasteiger partial charge in [0.2, 0.25) is 11.8 Å². The van der Waals surface area contributed by atoms with E-state index in [-0.39, 0.29) is 22.3 Å². The number of rotatable bonds is 27. The lowest BCUT2D eigenvalue weighted by molar-refractivity contribution is -0.118. The van der Waals surface area contributed by atoms with E-state index in [4.69, 9.17) is 11.5 Å². The lowest BCUT2D eigenvalue weighted by Gasteiger charge is -2.16. The number of carbonyl (C=O) groups is 2. The van der Waals surface area contributed by atoms with Crippen LogP contribution in [-0.2, 0) is 9.59 Å². The maximum absolute atomic E-state index is 11.9. The quantitative estimate of drug-likeness (QED) is 0.0844. The molecule has 0 aromatic heterocycles. The molecule has 2 atom stereocenters. The number of hydrogen-bond acceptors (Lipinski definition) is 4. The third-order valence-corrected chi connectivity index (χ3v) is 9.80. The zero-order valence-corrected chi connectivity index (χ0v) is 24.1. The Labute approximate surface area is 219 Å². The molecule has 6 heteroatoms. The summed E-state index contributed by atoms with van der Waals surface area (Å²) in [6, 6.07) is 0. The average molecular weight is 517 g/mol. The van der Waals surface area contributed by atoms with Crippen LogP contribution < -0.4 is 11.5 Å². The van der Waals surface area contributed by atoms with E-state index in [1.54, 1.807) is 0 Å². The first-order valence-electron chi connectivity index (χ1n) is 14.4. The normalized spacial score (nSPS) is 13.1. The second-order valence-electron chi connectivity index (χ2n) is 9.92. The minimum absolute atomic E-state index is 0.228. The zero-order valence-electron chi connectivity index (χ0n) is 22.5. The maximum atomic E-state index is 11.9. The molecule has 34 heavy (non-hydrogen) atoms. The Morgan fingerprint density at radius 2 is 0.706 bits per heavy atom. The Bertz CT molecular complexity index is 435. The van der Waals surface area contributed by atoms with Gasteiger partial charge in [-0.25, -0.2) is 0 Å². The smallest absolute Gasteiger partial charge is 0.231 e. The topological polar surface area (TPSA) is 86.2 Å². The van der Waals surface area contributed by atoms with Gasteiger partial charge >= 0.3 is 0 Å². The molecule has 0 aliphatic heterocycles. The minimum atomic E-state index is -0.268. The molecule has 2 unspecified atom stereocenters. The molecule has 4 nitrogen and oxygen atoms in total. The molecular weight excluding hydrogens is 460 g/mol. The van der Waals surface area contributed by atoms with Crippen molar-refractivity contribution in [3.8, 4) is 0 Å². The monoisotopic (exact) mass is 516 g/mol. The highest BCUT2D eigenvalue weighted by Crippen LogP contribution is 2.35. The highest BCUT2D eigenvalue weighted by atomic mass is 33.1. The van der Waals surface area contributed by atoms with Crippen molar-refractivity contribution in [2.45, 2.75) is 166 Å². The Morgan fingerprint density at radius 1 is 0.471 bits per heavy atom. The van der Waals surface area contributed by atoms with Gasteiger partial charge in [0.05, 0.1) is 10.5 Å². The van der Waals surface area contributed by atoms with E-state index in [0.29, 0.717) is 0 Å². The van der Waals surface area contributed by atoms with Crippen LogP contribution >= 0.6 is 21.6 Å². The second kappa shape index (κ2) is 25.7. The fourth-order valence-corrected chi connectivity index (χ4v) is 7.18. The fourth-order valence-electron chi connectivity index (χ4n) is 4.24. The van der Waals surface area contributed by atoms with E-state index in [1.165, 1.54) is 124 Å². The fraction of sp³-hybridized carbons (Fsp3) is 0.929. The molecule has 4 N–H and O–H groups in total. The number of unbranched alkanes of at least 4 members (excludes halogenated alkanes) is 18. The van der Waals surface area contributed by atoms with Crippen LogP contribution in [0, 0.1) is 0 Å². The summed E-state index contributed by atoms with van der Waals surface area (Å²) in [7, 11) is 2.94. The largest absolute Gasteiger partial charge is 0.369 e. The summed E-state index contributed by atoms with van der Waals surface area (Å²) < 4.78 is 0. The van der Waals surface area contributed by atoms with Gasteiger partial charge < -0.3 is 11.5 Å². The highest BCUT2D eigenvalue weighted by Gasteiger charge is 2.22.